The summed E-state index contributed by atoms with van der Waals surface area (Å²) in [5, 5.41) is 0. The average Bonchev–Trinajstić information content (AvgIpc) is 2.77. The summed E-state index contributed by atoms with van der Waals surface area (Å²) >= 11 is 0. The summed E-state index contributed by atoms with van der Waals surface area (Å²) in [5.41, 5.74) is 1.71. The summed E-state index contributed by atoms with van der Waals surface area (Å²) in [5.74, 6) is 1.06. The van der Waals surface area contributed by atoms with E-state index < -0.39 is 0 Å². The Morgan fingerprint density at radius 3 is 2.82 bits per heavy atom. The van der Waals surface area contributed by atoms with Crippen LogP contribution in [0.2, 0.25) is 0 Å². The molecule has 22 heavy (non-hydrogen) atoms. The molecular weight excluding hydrogens is 278 g/mol. The zero-order chi connectivity index (χ0) is 15.5. The fourth-order valence-corrected chi connectivity index (χ4v) is 2.80. The molecule has 0 spiro atoms. The van der Waals surface area contributed by atoms with Gasteiger partial charge in [-0.2, -0.15) is 0 Å². The van der Waals surface area contributed by atoms with E-state index in [0.29, 0.717) is 18.8 Å². The summed E-state index contributed by atoms with van der Waals surface area (Å²) in [6.07, 6.45) is 4.39. The Labute approximate surface area is 130 Å². The van der Waals surface area contributed by atoms with Crippen molar-refractivity contribution in [1.82, 2.24) is 24.3 Å². The topological polar surface area (TPSA) is 54.3 Å². The SMILES string of the molecule is CN(C)Cc1cnc2n1CCN(C(=O)c1ccccn1)CC2. The second-order valence-electron chi connectivity index (χ2n) is 5.81. The highest BCUT2D eigenvalue weighted by Gasteiger charge is 2.22. The van der Waals surface area contributed by atoms with Crippen molar-refractivity contribution in [3.05, 3.63) is 47.8 Å². The predicted octanol–water partition coefficient (Wildman–Crippen LogP) is 1.04. The van der Waals surface area contributed by atoms with E-state index in [0.717, 1.165) is 25.3 Å². The average molecular weight is 299 g/mol. The third-order valence-corrected chi connectivity index (χ3v) is 3.87. The molecule has 0 fully saturated rings. The van der Waals surface area contributed by atoms with Crippen LogP contribution in [0.4, 0.5) is 0 Å². The van der Waals surface area contributed by atoms with Gasteiger partial charge in [-0.05, 0) is 26.2 Å². The number of pyridine rings is 1. The molecule has 0 atom stereocenters. The maximum Gasteiger partial charge on any atom is 0.272 e. The fraction of sp³-hybridized carbons (Fsp3) is 0.438. The molecule has 1 aliphatic heterocycles. The monoisotopic (exact) mass is 299 g/mol. The molecule has 2 aromatic rings. The Morgan fingerprint density at radius 2 is 2.09 bits per heavy atom. The van der Waals surface area contributed by atoms with Gasteiger partial charge in [0.15, 0.2) is 0 Å². The lowest BCUT2D eigenvalue weighted by Crippen LogP contribution is -2.34. The molecule has 0 unspecified atom stereocenters. The third kappa shape index (κ3) is 3.01. The Morgan fingerprint density at radius 1 is 1.23 bits per heavy atom. The lowest BCUT2D eigenvalue weighted by molar-refractivity contribution is 0.0753. The second-order valence-corrected chi connectivity index (χ2v) is 5.81. The minimum Gasteiger partial charge on any atom is -0.335 e. The molecule has 0 N–H and O–H groups in total. The Hall–Kier alpha value is -2.21. The molecule has 1 aliphatic rings. The smallest absolute Gasteiger partial charge is 0.272 e. The van der Waals surface area contributed by atoms with Gasteiger partial charge in [0.25, 0.3) is 5.91 Å². The first kappa shape index (κ1) is 14.7. The number of hydrogen-bond acceptors (Lipinski definition) is 4. The molecular formula is C16H21N5O. The van der Waals surface area contributed by atoms with Gasteiger partial charge in [-0.3, -0.25) is 9.78 Å². The number of aromatic nitrogens is 3. The van der Waals surface area contributed by atoms with Crippen LogP contribution in [0, 0.1) is 0 Å². The fourth-order valence-electron chi connectivity index (χ4n) is 2.80. The second kappa shape index (κ2) is 6.27. The van der Waals surface area contributed by atoms with Crippen molar-refractivity contribution in [2.75, 3.05) is 27.2 Å². The van der Waals surface area contributed by atoms with Crippen LogP contribution in [0.1, 0.15) is 22.0 Å². The molecule has 0 aromatic carbocycles. The first-order valence-corrected chi connectivity index (χ1v) is 7.53. The minimum absolute atomic E-state index is 0.000475. The number of nitrogens with zero attached hydrogens (tertiary/aromatic N) is 5. The van der Waals surface area contributed by atoms with Gasteiger partial charge in [0.1, 0.15) is 11.5 Å². The maximum atomic E-state index is 12.5. The minimum atomic E-state index is 0.000475. The summed E-state index contributed by atoms with van der Waals surface area (Å²) in [6.45, 7) is 3.03. The molecule has 1 amide bonds. The number of amides is 1. The number of imidazole rings is 1. The molecule has 116 valence electrons. The highest BCUT2D eigenvalue weighted by Crippen LogP contribution is 2.14. The predicted molar refractivity (Wildman–Crippen MR) is 83.5 cm³/mol. The number of hydrogen-bond donors (Lipinski definition) is 0. The Kier molecular flexibility index (Phi) is 4.20. The van der Waals surface area contributed by atoms with Gasteiger partial charge in [0.05, 0.1) is 5.69 Å². The Bertz CT molecular complexity index is 650. The van der Waals surface area contributed by atoms with Crippen LogP contribution in [0.15, 0.2) is 30.6 Å². The molecule has 6 nitrogen and oxygen atoms in total. The summed E-state index contributed by atoms with van der Waals surface area (Å²) in [4.78, 5) is 25.2. The van der Waals surface area contributed by atoms with Crippen molar-refractivity contribution < 1.29 is 4.79 Å². The Balaban J connectivity index is 1.74. The highest BCUT2D eigenvalue weighted by atomic mass is 16.2. The normalized spacial score (nSPS) is 14.8. The van der Waals surface area contributed by atoms with Gasteiger partial charge in [0, 0.05) is 45.0 Å². The van der Waals surface area contributed by atoms with E-state index in [9.17, 15) is 4.79 Å². The van der Waals surface area contributed by atoms with Gasteiger partial charge in [-0.15, -0.1) is 0 Å². The lowest BCUT2D eigenvalue weighted by Gasteiger charge is -2.20. The van der Waals surface area contributed by atoms with E-state index in [-0.39, 0.29) is 5.91 Å². The largest absolute Gasteiger partial charge is 0.335 e. The first-order chi connectivity index (χ1) is 10.6. The maximum absolute atomic E-state index is 12.5. The van der Waals surface area contributed by atoms with Gasteiger partial charge in [-0.25, -0.2) is 4.98 Å². The van der Waals surface area contributed by atoms with Crippen molar-refractivity contribution >= 4 is 5.91 Å². The van der Waals surface area contributed by atoms with Crippen molar-refractivity contribution in [2.45, 2.75) is 19.5 Å². The van der Waals surface area contributed by atoms with Crippen LogP contribution in [-0.4, -0.2) is 57.4 Å². The molecule has 0 saturated carbocycles. The van der Waals surface area contributed by atoms with E-state index in [2.05, 4.69) is 19.4 Å². The summed E-state index contributed by atoms with van der Waals surface area (Å²) < 4.78 is 2.24. The molecule has 0 aliphatic carbocycles. The molecule has 0 radical (unpaired) electrons. The van der Waals surface area contributed by atoms with Crippen molar-refractivity contribution in [1.29, 1.82) is 0 Å². The van der Waals surface area contributed by atoms with Crippen LogP contribution in [0.5, 0.6) is 0 Å². The zero-order valence-electron chi connectivity index (χ0n) is 13.1. The van der Waals surface area contributed by atoms with Gasteiger partial charge in [0.2, 0.25) is 0 Å². The van der Waals surface area contributed by atoms with Crippen LogP contribution in [0.25, 0.3) is 0 Å². The molecule has 2 aromatic heterocycles. The number of carbonyl (C=O) groups is 1. The van der Waals surface area contributed by atoms with E-state index in [4.69, 9.17) is 0 Å². The highest BCUT2D eigenvalue weighted by molar-refractivity contribution is 5.92. The molecule has 0 saturated heterocycles. The molecule has 3 rings (SSSR count). The van der Waals surface area contributed by atoms with Gasteiger partial charge in [-0.1, -0.05) is 6.07 Å². The number of rotatable bonds is 3. The molecule has 3 heterocycles. The van der Waals surface area contributed by atoms with Crippen LogP contribution >= 0.6 is 0 Å². The van der Waals surface area contributed by atoms with Crippen LogP contribution < -0.4 is 0 Å². The summed E-state index contributed by atoms with van der Waals surface area (Å²) in [6, 6.07) is 5.43. The van der Waals surface area contributed by atoms with Crippen molar-refractivity contribution in [3.8, 4) is 0 Å². The first-order valence-electron chi connectivity index (χ1n) is 7.53. The lowest BCUT2D eigenvalue weighted by atomic mass is 10.3. The van der Waals surface area contributed by atoms with Crippen LogP contribution in [-0.2, 0) is 19.5 Å². The number of fused-ring (bicyclic) bond motifs is 1. The van der Waals surface area contributed by atoms with Gasteiger partial charge >= 0.3 is 0 Å². The molecule has 0 bridgehead atoms. The van der Waals surface area contributed by atoms with E-state index in [1.165, 1.54) is 5.69 Å². The number of carbonyl (C=O) groups excluding carboxylic acids is 1. The van der Waals surface area contributed by atoms with E-state index in [1.54, 1.807) is 12.3 Å². The molecule has 6 heteroatoms. The van der Waals surface area contributed by atoms with E-state index in [1.807, 2.05) is 37.3 Å². The van der Waals surface area contributed by atoms with Crippen molar-refractivity contribution in [2.24, 2.45) is 0 Å². The standard InChI is InChI=1S/C16H21N5O/c1-19(2)12-13-11-18-15-6-8-20(9-10-21(13)15)16(22)14-5-3-4-7-17-14/h3-5,7,11H,6,8-10,12H2,1-2H3. The quantitative estimate of drug-likeness (QED) is 0.850. The third-order valence-electron chi connectivity index (χ3n) is 3.87. The van der Waals surface area contributed by atoms with Crippen LogP contribution in [0.3, 0.4) is 0 Å². The van der Waals surface area contributed by atoms with Gasteiger partial charge < -0.3 is 14.4 Å². The van der Waals surface area contributed by atoms with Crippen molar-refractivity contribution in [3.63, 3.8) is 0 Å². The zero-order valence-corrected chi connectivity index (χ0v) is 13.1. The summed E-state index contributed by atoms with van der Waals surface area (Å²) in [7, 11) is 4.10. The van der Waals surface area contributed by atoms with E-state index >= 15 is 0 Å².